The van der Waals surface area contributed by atoms with E-state index in [1.807, 2.05) is 11.8 Å². The van der Waals surface area contributed by atoms with Gasteiger partial charge in [-0.3, -0.25) is 0 Å². The van der Waals surface area contributed by atoms with Gasteiger partial charge in [-0.25, -0.2) is 0 Å². The van der Waals surface area contributed by atoms with Crippen LogP contribution >= 0.6 is 11.8 Å². The summed E-state index contributed by atoms with van der Waals surface area (Å²) < 4.78 is 0. The highest BCUT2D eigenvalue weighted by Gasteiger charge is 2.22. The molecule has 2 aliphatic rings. The van der Waals surface area contributed by atoms with Gasteiger partial charge < -0.3 is 0 Å². The predicted molar refractivity (Wildman–Crippen MR) is 131 cm³/mol. The van der Waals surface area contributed by atoms with Crippen molar-refractivity contribution in [1.82, 2.24) is 0 Å². The van der Waals surface area contributed by atoms with Gasteiger partial charge in [0.15, 0.2) is 0 Å². The molecule has 2 aliphatic carbocycles. The molecule has 0 nitrogen and oxygen atoms in total. The highest BCUT2D eigenvalue weighted by molar-refractivity contribution is 7.99. The molecule has 31 heavy (non-hydrogen) atoms. The fraction of sp³-hybridized carbons (Fsp3) is 0.0667. The smallest absolute Gasteiger partial charge is 0.0163 e. The summed E-state index contributed by atoms with van der Waals surface area (Å²) in [5, 5.41) is 0. The quantitative estimate of drug-likeness (QED) is 0.328. The Morgan fingerprint density at radius 1 is 0.452 bits per heavy atom. The maximum absolute atomic E-state index is 2.38. The Bertz CT molecular complexity index is 1220. The number of rotatable bonds is 4. The minimum absolute atomic E-state index is 1.01. The molecule has 0 bridgehead atoms. The average molecular weight is 415 g/mol. The summed E-state index contributed by atoms with van der Waals surface area (Å²) in [4.78, 5) is 2.75. The molecule has 0 amide bonds. The van der Waals surface area contributed by atoms with Crippen LogP contribution in [-0.4, -0.2) is 0 Å². The van der Waals surface area contributed by atoms with Crippen LogP contribution in [0.25, 0.3) is 11.1 Å². The number of hydrogen-bond acceptors (Lipinski definition) is 1. The Labute approximate surface area is 188 Å². The number of hydrogen-bond donors (Lipinski definition) is 0. The van der Waals surface area contributed by atoms with E-state index in [1.165, 1.54) is 54.3 Å². The van der Waals surface area contributed by atoms with Crippen LogP contribution in [0.5, 0.6) is 0 Å². The summed E-state index contributed by atoms with van der Waals surface area (Å²) in [6, 6.07) is 35.0. The highest BCUT2D eigenvalue weighted by Crippen LogP contribution is 2.44. The summed E-state index contributed by atoms with van der Waals surface area (Å²) in [5.74, 6) is 0. The molecule has 148 valence electrons. The summed E-state index contributed by atoms with van der Waals surface area (Å²) >= 11 is 1.93. The van der Waals surface area contributed by atoms with Gasteiger partial charge in [0.1, 0.15) is 0 Å². The zero-order chi connectivity index (χ0) is 20.6. The fourth-order valence-corrected chi connectivity index (χ4v) is 5.94. The maximum Gasteiger partial charge on any atom is 0.0163 e. The van der Waals surface area contributed by atoms with Gasteiger partial charge in [0.2, 0.25) is 0 Å². The van der Waals surface area contributed by atoms with E-state index in [4.69, 9.17) is 0 Å². The van der Waals surface area contributed by atoms with Crippen molar-refractivity contribution in [3.8, 4) is 0 Å². The molecule has 6 rings (SSSR count). The van der Waals surface area contributed by atoms with E-state index in [2.05, 4.69) is 109 Å². The van der Waals surface area contributed by atoms with Crippen LogP contribution in [0, 0.1) is 0 Å². The lowest BCUT2D eigenvalue weighted by Gasteiger charge is -2.14. The van der Waals surface area contributed by atoms with E-state index in [9.17, 15) is 0 Å². The first-order valence-corrected chi connectivity index (χ1v) is 11.6. The third-order valence-electron chi connectivity index (χ3n) is 6.26. The molecule has 0 aliphatic heterocycles. The minimum atomic E-state index is 1.01. The number of allylic oxidation sites excluding steroid dienone is 2. The molecule has 4 aromatic rings. The lowest BCUT2D eigenvalue weighted by Crippen LogP contribution is -1.92. The second kappa shape index (κ2) is 7.76. The summed E-state index contributed by atoms with van der Waals surface area (Å²) in [6.45, 7) is 0. The van der Waals surface area contributed by atoms with E-state index in [0.29, 0.717) is 0 Å². The second-order valence-corrected chi connectivity index (χ2v) is 9.13. The number of benzene rings is 4. The van der Waals surface area contributed by atoms with Crippen molar-refractivity contribution in [3.63, 3.8) is 0 Å². The minimum Gasteiger partial charge on any atom is -0.0895 e. The van der Waals surface area contributed by atoms with Crippen LogP contribution in [0.4, 0.5) is 0 Å². The van der Waals surface area contributed by atoms with E-state index in [0.717, 1.165) is 12.8 Å². The van der Waals surface area contributed by atoms with Gasteiger partial charge >= 0.3 is 0 Å². The van der Waals surface area contributed by atoms with Gasteiger partial charge in [0.25, 0.3) is 0 Å². The zero-order valence-electron chi connectivity index (χ0n) is 17.2. The van der Waals surface area contributed by atoms with Crippen LogP contribution < -0.4 is 0 Å². The van der Waals surface area contributed by atoms with Crippen LogP contribution in [0.1, 0.15) is 33.4 Å². The first kappa shape index (κ1) is 18.5. The number of fused-ring (bicyclic) bond motifs is 2. The monoisotopic (exact) mass is 414 g/mol. The highest BCUT2D eigenvalue weighted by atomic mass is 32.2. The molecular formula is C30H22S. The van der Waals surface area contributed by atoms with E-state index >= 15 is 0 Å². The van der Waals surface area contributed by atoms with Crippen LogP contribution in [-0.2, 0) is 12.8 Å². The second-order valence-electron chi connectivity index (χ2n) is 8.04. The molecule has 0 saturated carbocycles. The molecule has 0 aromatic heterocycles. The zero-order valence-corrected chi connectivity index (χ0v) is 18.0. The van der Waals surface area contributed by atoms with Crippen LogP contribution in [0.15, 0.2) is 119 Å². The van der Waals surface area contributed by atoms with E-state index < -0.39 is 0 Å². The molecule has 0 N–H and O–H groups in total. The largest absolute Gasteiger partial charge is 0.0895 e. The van der Waals surface area contributed by atoms with E-state index in [1.54, 1.807) is 0 Å². The first-order chi connectivity index (χ1) is 15.4. The maximum atomic E-state index is 2.38. The van der Waals surface area contributed by atoms with Crippen molar-refractivity contribution in [2.45, 2.75) is 22.6 Å². The third-order valence-corrected chi connectivity index (χ3v) is 7.46. The SMILES string of the molecule is C1=C(c2ccccc2)c2cccc(Sc3cccc4c3CC=C4c3ccccc3)c2C1. The Hall–Kier alpha value is -3.29. The molecule has 0 radical (unpaired) electrons. The molecule has 0 heterocycles. The van der Waals surface area contributed by atoms with Gasteiger partial charge in [-0.15, -0.1) is 0 Å². The molecule has 0 fully saturated rings. The third kappa shape index (κ3) is 3.26. The van der Waals surface area contributed by atoms with Crippen LogP contribution in [0.2, 0.25) is 0 Å². The lowest BCUT2D eigenvalue weighted by atomic mass is 9.99. The van der Waals surface area contributed by atoms with Gasteiger partial charge in [-0.05, 0) is 69.5 Å². The predicted octanol–water partition coefficient (Wildman–Crippen LogP) is 7.81. The average Bonchev–Trinajstić information content (AvgIpc) is 3.46. The van der Waals surface area contributed by atoms with Crippen molar-refractivity contribution in [2.24, 2.45) is 0 Å². The van der Waals surface area contributed by atoms with E-state index in [-0.39, 0.29) is 0 Å². The molecule has 0 spiro atoms. The lowest BCUT2D eigenvalue weighted by molar-refractivity contribution is 1.17. The van der Waals surface area contributed by atoms with Crippen molar-refractivity contribution < 1.29 is 0 Å². The van der Waals surface area contributed by atoms with Crippen molar-refractivity contribution in [2.75, 3.05) is 0 Å². The van der Waals surface area contributed by atoms with Gasteiger partial charge in [0.05, 0.1) is 0 Å². The standard InChI is InChI=1S/C30H22S/c1-3-9-21(10-4-1)23-17-19-27-25(23)13-7-15-29(27)31-30-16-8-14-26-24(18-20-28(26)30)22-11-5-2-6-12-22/h1-18H,19-20H2. The Morgan fingerprint density at radius 2 is 0.903 bits per heavy atom. The summed E-state index contributed by atoms with van der Waals surface area (Å²) in [6.07, 6.45) is 6.78. The van der Waals surface area contributed by atoms with Crippen molar-refractivity contribution in [1.29, 1.82) is 0 Å². The molecule has 1 heteroatoms. The Kier molecular flexibility index (Phi) is 4.62. The molecular weight excluding hydrogens is 392 g/mol. The normalized spacial score (nSPS) is 14.1. The first-order valence-electron chi connectivity index (χ1n) is 10.8. The topological polar surface area (TPSA) is 0 Å². The van der Waals surface area contributed by atoms with Gasteiger partial charge in [0, 0.05) is 9.79 Å². The Morgan fingerprint density at radius 3 is 1.35 bits per heavy atom. The summed E-state index contributed by atoms with van der Waals surface area (Å²) in [7, 11) is 0. The van der Waals surface area contributed by atoms with Crippen LogP contribution in [0.3, 0.4) is 0 Å². The molecule has 0 saturated heterocycles. The molecule has 0 unspecified atom stereocenters. The van der Waals surface area contributed by atoms with Crippen molar-refractivity contribution in [3.05, 3.63) is 143 Å². The Balaban J connectivity index is 1.34. The molecule has 4 aromatic carbocycles. The van der Waals surface area contributed by atoms with Gasteiger partial charge in [-0.2, -0.15) is 0 Å². The fourth-order valence-electron chi connectivity index (χ4n) is 4.78. The van der Waals surface area contributed by atoms with Gasteiger partial charge in [-0.1, -0.05) is 109 Å². The summed E-state index contributed by atoms with van der Waals surface area (Å²) in [5.41, 5.74) is 11.0. The van der Waals surface area contributed by atoms with Crippen molar-refractivity contribution >= 4 is 22.9 Å². The molecule has 0 atom stereocenters.